The number of carbonyl (C=O) groups excluding carboxylic acids is 2. The van der Waals surface area contributed by atoms with Crippen molar-refractivity contribution in [2.45, 2.75) is 31.6 Å². The van der Waals surface area contributed by atoms with Gasteiger partial charge in [0.1, 0.15) is 5.82 Å². The van der Waals surface area contributed by atoms with Gasteiger partial charge in [0.25, 0.3) is 0 Å². The molecule has 6 nitrogen and oxygen atoms in total. The van der Waals surface area contributed by atoms with Crippen LogP contribution in [0.4, 0.5) is 15.8 Å². The molecule has 2 aromatic rings. The third kappa shape index (κ3) is 4.22. The molecule has 8 heteroatoms. The second kappa shape index (κ2) is 7.71. The number of amides is 2. The molecule has 28 heavy (non-hydrogen) atoms. The molecular weight excluding hydrogens is 383 g/mol. The van der Waals surface area contributed by atoms with E-state index in [9.17, 15) is 22.4 Å². The predicted molar refractivity (Wildman–Crippen MR) is 105 cm³/mol. The number of aryl methyl sites for hydroxylation is 1. The number of carbonyl (C=O) groups is 2. The lowest BCUT2D eigenvalue weighted by Gasteiger charge is -2.15. The van der Waals surface area contributed by atoms with Gasteiger partial charge in [-0.2, -0.15) is 0 Å². The van der Waals surface area contributed by atoms with E-state index in [1.165, 1.54) is 25.1 Å². The standard InChI is InChI=1S/C20H21FN2O4S/c1-13-3-4-16(12-18(13)21)22-20(25)8-10-28(26,27)17-5-6-19-15(11-17)7-9-23(19)14(2)24/h3-6,11-12H,7-10H2,1-2H3,(H,22,25). The molecule has 148 valence electrons. The molecule has 1 heterocycles. The highest BCUT2D eigenvalue weighted by Gasteiger charge is 2.25. The molecule has 1 aliphatic rings. The van der Waals surface area contributed by atoms with Crippen LogP contribution in [0.3, 0.4) is 0 Å². The molecule has 0 bridgehead atoms. The van der Waals surface area contributed by atoms with Crippen LogP contribution in [0.5, 0.6) is 0 Å². The van der Waals surface area contributed by atoms with Crippen molar-refractivity contribution in [3.63, 3.8) is 0 Å². The lowest BCUT2D eigenvalue weighted by molar-refractivity contribution is -0.117. The number of benzene rings is 2. The molecule has 0 fully saturated rings. The van der Waals surface area contributed by atoms with Gasteiger partial charge in [-0.05, 0) is 54.8 Å². The zero-order valence-electron chi connectivity index (χ0n) is 15.7. The number of fused-ring (bicyclic) bond motifs is 1. The summed E-state index contributed by atoms with van der Waals surface area (Å²) in [7, 11) is -3.66. The summed E-state index contributed by atoms with van der Waals surface area (Å²) in [4.78, 5) is 25.4. The van der Waals surface area contributed by atoms with E-state index in [1.54, 1.807) is 30.0 Å². The Balaban J connectivity index is 1.66. The van der Waals surface area contributed by atoms with Gasteiger partial charge in [-0.3, -0.25) is 9.59 Å². The third-order valence-corrected chi connectivity index (χ3v) is 6.45. The summed E-state index contributed by atoms with van der Waals surface area (Å²) >= 11 is 0. The minimum Gasteiger partial charge on any atom is -0.326 e. The fourth-order valence-electron chi connectivity index (χ4n) is 3.14. The van der Waals surface area contributed by atoms with E-state index in [0.717, 1.165) is 11.3 Å². The first-order chi connectivity index (χ1) is 13.2. The number of nitrogens with zero attached hydrogens (tertiary/aromatic N) is 1. The van der Waals surface area contributed by atoms with E-state index in [1.807, 2.05) is 0 Å². The van der Waals surface area contributed by atoms with Crippen molar-refractivity contribution >= 4 is 33.0 Å². The van der Waals surface area contributed by atoms with Crippen molar-refractivity contribution in [1.29, 1.82) is 0 Å². The van der Waals surface area contributed by atoms with Crippen LogP contribution in [-0.2, 0) is 25.8 Å². The number of anilines is 2. The minimum absolute atomic E-state index is 0.0847. The van der Waals surface area contributed by atoms with Crippen LogP contribution >= 0.6 is 0 Å². The van der Waals surface area contributed by atoms with Gasteiger partial charge in [0.2, 0.25) is 11.8 Å². The SMILES string of the molecule is CC(=O)N1CCc2cc(S(=O)(=O)CCC(=O)Nc3ccc(C)c(F)c3)ccc21. The Labute approximate surface area is 163 Å². The molecule has 0 atom stereocenters. The number of nitrogens with one attached hydrogen (secondary N) is 1. The summed E-state index contributed by atoms with van der Waals surface area (Å²) in [5.74, 6) is -1.39. The molecule has 2 aromatic carbocycles. The number of hydrogen-bond acceptors (Lipinski definition) is 4. The van der Waals surface area contributed by atoms with Gasteiger partial charge in [-0.25, -0.2) is 12.8 Å². The van der Waals surface area contributed by atoms with Crippen LogP contribution in [0, 0.1) is 12.7 Å². The van der Waals surface area contributed by atoms with Gasteiger partial charge in [-0.1, -0.05) is 6.07 Å². The first-order valence-electron chi connectivity index (χ1n) is 8.87. The maximum atomic E-state index is 13.5. The monoisotopic (exact) mass is 404 g/mol. The molecule has 0 spiro atoms. The van der Waals surface area contributed by atoms with Gasteiger partial charge >= 0.3 is 0 Å². The van der Waals surface area contributed by atoms with Gasteiger partial charge < -0.3 is 10.2 Å². The summed E-state index contributed by atoms with van der Waals surface area (Å²) in [6, 6.07) is 8.96. The Morgan fingerprint density at radius 3 is 2.61 bits per heavy atom. The number of rotatable bonds is 5. The van der Waals surface area contributed by atoms with Crippen molar-refractivity contribution in [2.75, 3.05) is 22.5 Å². The van der Waals surface area contributed by atoms with Crippen LogP contribution in [0.25, 0.3) is 0 Å². The highest BCUT2D eigenvalue weighted by atomic mass is 32.2. The van der Waals surface area contributed by atoms with Crippen molar-refractivity contribution in [1.82, 2.24) is 0 Å². The minimum atomic E-state index is -3.66. The normalized spacial score (nSPS) is 13.3. The summed E-state index contributed by atoms with van der Waals surface area (Å²) in [6.45, 7) is 3.61. The molecular formula is C20H21FN2O4S. The van der Waals surface area contributed by atoms with E-state index in [-0.39, 0.29) is 28.7 Å². The summed E-state index contributed by atoms with van der Waals surface area (Å²) < 4.78 is 38.7. The lowest BCUT2D eigenvalue weighted by atomic mass is 10.2. The molecule has 0 radical (unpaired) electrons. The Bertz CT molecular complexity index is 1050. The number of hydrogen-bond donors (Lipinski definition) is 1. The molecule has 0 saturated heterocycles. The molecule has 2 amide bonds. The Morgan fingerprint density at radius 2 is 1.93 bits per heavy atom. The molecule has 0 unspecified atom stereocenters. The van der Waals surface area contributed by atoms with Crippen molar-refractivity contribution in [3.05, 3.63) is 53.3 Å². The van der Waals surface area contributed by atoms with Crippen LogP contribution in [0.2, 0.25) is 0 Å². The fraction of sp³-hybridized carbons (Fsp3) is 0.300. The first kappa shape index (κ1) is 20.0. The highest BCUT2D eigenvalue weighted by molar-refractivity contribution is 7.91. The molecule has 0 aromatic heterocycles. The average molecular weight is 404 g/mol. The average Bonchev–Trinajstić information content (AvgIpc) is 3.07. The molecule has 1 aliphatic heterocycles. The largest absolute Gasteiger partial charge is 0.326 e. The third-order valence-electron chi connectivity index (χ3n) is 4.74. The van der Waals surface area contributed by atoms with E-state index in [0.29, 0.717) is 18.5 Å². The predicted octanol–water partition coefficient (Wildman–Crippen LogP) is 2.85. The van der Waals surface area contributed by atoms with E-state index >= 15 is 0 Å². The second-order valence-electron chi connectivity index (χ2n) is 6.79. The fourth-order valence-corrected chi connectivity index (χ4v) is 4.42. The number of sulfone groups is 1. The van der Waals surface area contributed by atoms with Crippen LogP contribution in [-0.4, -0.2) is 32.5 Å². The van der Waals surface area contributed by atoms with Gasteiger partial charge in [0, 0.05) is 31.3 Å². The Hall–Kier alpha value is -2.74. The van der Waals surface area contributed by atoms with Crippen LogP contribution < -0.4 is 10.2 Å². The number of halogens is 1. The summed E-state index contributed by atoms with van der Waals surface area (Å²) in [6.07, 6.45) is 0.353. The quantitative estimate of drug-likeness (QED) is 0.831. The van der Waals surface area contributed by atoms with Crippen LogP contribution in [0.1, 0.15) is 24.5 Å². The highest BCUT2D eigenvalue weighted by Crippen LogP contribution is 2.30. The molecule has 0 aliphatic carbocycles. The molecule has 0 saturated carbocycles. The molecule has 3 rings (SSSR count). The van der Waals surface area contributed by atoms with Gasteiger partial charge in [0.05, 0.1) is 10.6 Å². The summed E-state index contributed by atoms with van der Waals surface area (Å²) in [5.41, 5.74) is 2.27. The zero-order valence-corrected chi connectivity index (χ0v) is 16.5. The topological polar surface area (TPSA) is 83.6 Å². The zero-order chi connectivity index (χ0) is 20.5. The van der Waals surface area contributed by atoms with Crippen molar-refractivity contribution < 1.29 is 22.4 Å². The van der Waals surface area contributed by atoms with Crippen molar-refractivity contribution in [2.24, 2.45) is 0 Å². The van der Waals surface area contributed by atoms with E-state index in [2.05, 4.69) is 5.32 Å². The Morgan fingerprint density at radius 1 is 1.18 bits per heavy atom. The maximum absolute atomic E-state index is 13.5. The van der Waals surface area contributed by atoms with E-state index in [4.69, 9.17) is 0 Å². The van der Waals surface area contributed by atoms with Gasteiger partial charge in [0.15, 0.2) is 9.84 Å². The van der Waals surface area contributed by atoms with Gasteiger partial charge in [-0.15, -0.1) is 0 Å². The van der Waals surface area contributed by atoms with Crippen LogP contribution in [0.15, 0.2) is 41.3 Å². The second-order valence-corrected chi connectivity index (χ2v) is 8.90. The van der Waals surface area contributed by atoms with Crippen molar-refractivity contribution in [3.8, 4) is 0 Å². The summed E-state index contributed by atoms with van der Waals surface area (Å²) in [5, 5.41) is 2.51. The smallest absolute Gasteiger partial charge is 0.225 e. The maximum Gasteiger partial charge on any atom is 0.225 e. The first-order valence-corrected chi connectivity index (χ1v) is 10.5. The lowest BCUT2D eigenvalue weighted by Crippen LogP contribution is -2.25. The molecule has 1 N–H and O–H groups in total. The Kier molecular flexibility index (Phi) is 5.51. The van der Waals surface area contributed by atoms with E-state index < -0.39 is 21.6 Å².